The molecule has 2 heterocycles. The van der Waals surface area contributed by atoms with E-state index in [4.69, 9.17) is 10.5 Å². The number of nitrogens with two attached hydrogens (primary N) is 1. The lowest BCUT2D eigenvalue weighted by Gasteiger charge is -2.48. The Hall–Kier alpha value is -0.120. The van der Waals surface area contributed by atoms with Gasteiger partial charge in [-0.15, -0.1) is 0 Å². The minimum atomic E-state index is 0.239. The predicted octanol–water partition coefficient (Wildman–Crippen LogP) is 2.29. The molecule has 18 heavy (non-hydrogen) atoms. The first kappa shape index (κ1) is 12.9. The molecule has 3 aliphatic rings. The molecular weight excluding hydrogens is 224 g/mol. The smallest absolute Gasteiger partial charge is 0.0697 e. The molecule has 0 bridgehead atoms. The van der Waals surface area contributed by atoms with Crippen molar-refractivity contribution >= 4 is 0 Å². The molecule has 1 spiro atoms. The number of hydrogen-bond acceptors (Lipinski definition) is 3. The number of ether oxygens (including phenoxy) is 1. The van der Waals surface area contributed by atoms with Gasteiger partial charge in [-0.25, -0.2) is 0 Å². The van der Waals surface area contributed by atoms with Gasteiger partial charge >= 0.3 is 0 Å². The van der Waals surface area contributed by atoms with Crippen molar-refractivity contribution in [3.8, 4) is 0 Å². The Balaban J connectivity index is 1.62. The summed E-state index contributed by atoms with van der Waals surface area (Å²) in [4.78, 5) is 2.66. The van der Waals surface area contributed by atoms with E-state index in [1.54, 1.807) is 0 Å². The molecule has 0 aromatic heterocycles. The minimum absolute atomic E-state index is 0.239. The van der Waals surface area contributed by atoms with E-state index in [1.807, 2.05) is 0 Å². The molecule has 3 rings (SSSR count). The van der Waals surface area contributed by atoms with Crippen molar-refractivity contribution in [1.29, 1.82) is 0 Å². The van der Waals surface area contributed by atoms with E-state index < -0.39 is 0 Å². The largest absolute Gasteiger partial charge is 0.375 e. The Morgan fingerprint density at radius 2 is 1.89 bits per heavy atom. The molecule has 1 unspecified atom stereocenters. The zero-order valence-electron chi connectivity index (χ0n) is 11.6. The topological polar surface area (TPSA) is 38.5 Å². The zero-order valence-corrected chi connectivity index (χ0v) is 11.6. The van der Waals surface area contributed by atoms with Gasteiger partial charge in [0.15, 0.2) is 0 Å². The van der Waals surface area contributed by atoms with Crippen molar-refractivity contribution < 1.29 is 4.74 Å². The maximum atomic E-state index is 6.20. The average molecular weight is 252 g/mol. The summed E-state index contributed by atoms with van der Waals surface area (Å²) in [7, 11) is 0. The van der Waals surface area contributed by atoms with Gasteiger partial charge in [0.05, 0.1) is 5.60 Å². The molecule has 2 aliphatic heterocycles. The van der Waals surface area contributed by atoms with Gasteiger partial charge in [0.1, 0.15) is 0 Å². The fraction of sp³-hybridized carbons (Fsp3) is 1.00. The molecule has 0 radical (unpaired) electrons. The summed E-state index contributed by atoms with van der Waals surface area (Å²) >= 11 is 0. The highest BCUT2D eigenvalue weighted by atomic mass is 16.5. The van der Waals surface area contributed by atoms with Gasteiger partial charge < -0.3 is 10.5 Å². The van der Waals surface area contributed by atoms with E-state index in [9.17, 15) is 0 Å². The summed E-state index contributed by atoms with van der Waals surface area (Å²) in [6.45, 7) is 3.34. The second-order valence-corrected chi connectivity index (χ2v) is 6.64. The van der Waals surface area contributed by atoms with Gasteiger partial charge in [0.25, 0.3) is 0 Å². The lowest BCUT2D eigenvalue weighted by atomic mass is 9.77. The van der Waals surface area contributed by atoms with Crippen LogP contribution in [0.5, 0.6) is 0 Å². The van der Waals surface area contributed by atoms with Crippen LogP contribution >= 0.6 is 0 Å². The fourth-order valence-electron chi connectivity index (χ4n) is 4.23. The summed E-state index contributed by atoms with van der Waals surface area (Å²) in [5.41, 5.74) is 6.37. The molecule has 2 N–H and O–H groups in total. The molecule has 0 amide bonds. The molecule has 0 aromatic rings. The third kappa shape index (κ3) is 2.73. The monoisotopic (exact) mass is 252 g/mol. The quantitative estimate of drug-likeness (QED) is 0.778. The summed E-state index contributed by atoms with van der Waals surface area (Å²) in [5.74, 6) is 0. The van der Waals surface area contributed by atoms with E-state index >= 15 is 0 Å². The number of likely N-dealkylation sites (tertiary alicyclic amines) is 1. The highest BCUT2D eigenvalue weighted by molar-refractivity contribution is 4.94. The Morgan fingerprint density at radius 3 is 2.67 bits per heavy atom. The van der Waals surface area contributed by atoms with Gasteiger partial charge in [0.2, 0.25) is 0 Å². The van der Waals surface area contributed by atoms with Crippen molar-refractivity contribution in [1.82, 2.24) is 4.90 Å². The molecule has 3 nitrogen and oxygen atoms in total. The van der Waals surface area contributed by atoms with Crippen LogP contribution in [0.4, 0.5) is 0 Å². The summed E-state index contributed by atoms with van der Waals surface area (Å²) in [5, 5.41) is 0. The Kier molecular flexibility index (Phi) is 3.92. The first-order valence-corrected chi connectivity index (χ1v) is 7.91. The predicted molar refractivity (Wildman–Crippen MR) is 73.6 cm³/mol. The van der Waals surface area contributed by atoms with Crippen LogP contribution in [0.3, 0.4) is 0 Å². The van der Waals surface area contributed by atoms with Gasteiger partial charge in [0, 0.05) is 25.2 Å². The molecular formula is C15H28N2O. The van der Waals surface area contributed by atoms with Gasteiger partial charge in [-0.3, -0.25) is 4.90 Å². The van der Waals surface area contributed by atoms with E-state index in [-0.39, 0.29) is 5.60 Å². The van der Waals surface area contributed by atoms with Crippen LogP contribution in [0.2, 0.25) is 0 Å². The van der Waals surface area contributed by atoms with Crippen molar-refractivity contribution in [2.24, 2.45) is 5.73 Å². The van der Waals surface area contributed by atoms with E-state index in [1.165, 1.54) is 64.3 Å². The highest BCUT2D eigenvalue weighted by Gasteiger charge is 2.40. The molecule has 3 heteroatoms. The highest BCUT2D eigenvalue weighted by Crippen LogP contribution is 2.40. The van der Waals surface area contributed by atoms with Crippen LogP contribution < -0.4 is 5.73 Å². The van der Waals surface area contributed by atoms with Crippen molar-refractivity contribution in [3.63, 3.8) is 0 Å². The Bertz CT molecular complexity index is 270. The number of piperidine rings is 1. The van der Waals surface area contributed by atoms with Crippen LogP contribution in [-0.4, -0.2) is 42.3 Å². The Labute approximate surface area is 111 Å². The van der Waals surface area contributed by atoms with Crippen LogP contribution in [0.25, 0.3) is 0 Å². The summed E-state index contributed by atoms with van der Waals surface area (Å²) in [6, 6.07) is 1.15. The van der Waals surface area contributed by atoms with Crippen LogP contribution in [0.1, 0.15) is 57.8 Å². The molecule has 2 atom stereocenters. The van der Waals surface area contributed by atoms with Crippen LogP contribution in [0.15, 0.2) is 0 Å². The second-order valence-electron chi connectivity index (χ2n) is 6.64. The van der Waals surface area contributed by atoms with E-state index in [2.05, 4.69) is 4.90 Å². The van der Waals surface area contributed by atoms with Crippen LogP contribution in [-0.2, 0) is 4.74 Å². The zero-order chi connectivity index (χ0) is 12.4. The SMILES string of the molecule is N[C@@H]1CCCN(C2CCOC3(CCCCC3)C2)C1. The average Bonchev–Trinajstić information content (AvgIpc) is 2.40. The molecule has 104 valence electrons. The minimum Gasteiger partial charge on any atom is -0.375 e. The van der Waals surface area contributed by atoms with Crippen LogP contribution in [0, 0.1) is 0 Å². The molecule has 1 saturated carbocycles. The molecule has 0 aromatic carbocycles. The number of hydrogen-bond donors (Lipinski definition) is 1. The maximum absolute atomic E-state index is 6.20. The van der Waals surface area contributed by atoms with E-state index in [0.717, 1.165) is 19.2 Å². The number of nitrogens with zero attached hydrogens (tertiary/aromatic N) is 1. The number of rotatable bonds is 1. The van der Waals surface area contributed by atoms with Gasteiger partial charge in [-0.2, -0.15) is 0 Å². The summed E-state index contributed by atoms with van der Waals surface area (Å²) < 4.78 is 6.20. The maximum Gasteiger partial charge on any atom is 0.0697 e. The van der Waals surface area contributed by atoms with Gasteiger partial charge in [-0.1, -0.05) is 19.3 Å². The lowest BCUT2D eigenvalue weighted by Crippen LogP contribution is -2.54. The van der Waals surface area contributed by atoms with Crippen molar-refractivity contribution in [3.05, 3.63) is 0 Å². The first-order valence-electron chi connectivity index (χ1n) is 7.91. The molecule has 1 aliphatic carbocycles. The van der Waals surface area contributed by atoms with E-state index in [0.29, 0.717) is 6.04 Å². The molecule has 3 fully saturated rings. The third-order valence-electron chi connectivity index (χ3n) is 5.24. The third-order valence-corrected chi connectivity index (χ3v) is 5.24. The second kappa shape index (κ2) is 5.48. The summed E-state index contributed by atoms with van der Waals surface area (Å²) in [6.07, 6.45) is 11.7. The fourth-order valence-corrected chi connectivity index (χ4v) is 4.23. The lowest BCUT2D eigenvalue weighted by molar-refractivity contribution is -0.126. The van der Waals surface area contributed by atoms with Crippen molar-refractivity contribution in [2.75, 3.05) is 19.7 Å². The molecule has 2 saturated heterocycles. The van der Waals surface area contributed by atoms with Crippen molar-refractivity contribution in [2.45, 2.75) is 75.5 Å². The normalized spacial score (nSPS) is 37.8. The first-order chi connectivity index (χ1) is 8.77. The van der Waals surface area contributed by atoms with Gasteiger partial charge in [-0.05, 0) is 45.1 Å². The standard InChI is InChI=1S/C15H28N2O/c16-13-5-4-9-17(12-13)14-6-10-18-15(11-14)7-2-1-3-8-15/h13-14H,1-12,16H2/t13-,14?/m1/s1. The Morgan fingerprint density at radius 1 is 1.06 bits per heavy atom.